The fraction of sp³-hybridized carbons (Fsp3) is 0.273. The molecule has 0 aliphatic carbocycles. The fourth-order valence-corrected chi connectivity index (χ4v) is 1.40. The highest BCUT2D eigenvalue weighted by Crippen LogP contribution is 2.24. The number of carbonyl (C=O) groups excluding carboxylic acids is 2. The van der Waals surface area contributed by atoms with Gasteiger partial charge in [0, 0.05) is 0 Å². The van der Waals surface area contributed by atoms with Crippen molar-refractivity contribution in [3.05, 3.63) is 34.1 Å². The molecule has 3 nitrogen and oxygen atoms in total. The molecule has 0 fully saturated rings. The molecule has 0 aromatic heterocycles. The van der Waals surface area contributed by atoms with Gasteiger partial charge >= 0.3 is 5.97 Å². The normalized spacial score (nSPS) is 10.0. The second-order valence-electron chi connectivity index (χ2n) is 3.10. The predicted octanol–water partition coefficient (Wildman–Crippen LogP) is 2.53. The number of Topliss-reactive ketones (excluding diaryl/α,β-unsaturated/α-hetero) is 1. The van der Waals surface area contributed by atoms with E-state index in [4.69, 9.17) is 11.6 Å². The minimum absolute atomic E-state index is 0.0512. The quantitative estimate of drug-likeness (QED) is 0.466. The lowest BCUT2D eigenvalue weighted by Gasteiger charge is -2.06. The lowest BCUT2D eigenvalue weighted by molar-refractivity contribution is -0.137. The molecule has 0 radical (unpaired) electrons. The van der Waals surface area contributed by atoms with Crippen LogP contribution in [0.3, 0.4) is 0 Å². The molecule has 0 heterocycles. The van der Waals surface area contributed by atoms with Gasteiger partial charge in [-0.25, -0.2) is 9.18 Å². The van der Waals surface area contributed by atoms with Gasteiger partial charge in [0.1, 0.15) is 5.82 Å². The molecule has 0 spiro atoms. The molecule has 1 rings (SSSR count). The third kappa shape index (κ3) is 2.39. The van der Waals surface area contributed by atoms with Crippen molar-refractivity contribution in [3.63, 3.8) is 0 Å². The summed E-state index contributed by atoms with van der Waals surface area (Å²) in [7, 11) is 0. The van der Waals surface area contributed by atoms with Crippen molar-refractivity contribution in [2.24, 2.45) is 0 Å². The molecule has 0 aliphatic rings. The average Bonchev–Trinajstić information content (AvgIpc) is 2.24. The number of ketones is 1. The molecule has 1 aromatic rings. The number of ether oxygens (including phenoxy) is 1. The average molecular weight is 245 g/mol. The zero-order chi connectivity index (χ0) is 12.3. The van der Waals surface area contributed by atoms with Gasteiger partial charge in [0.15, 0.2) is 0 Å². The maximum Gasteiger partial charge on any atom is 0.379 e. The largest absolute Gasteiger partial charge is 0.460 e. The van der Waals surface area contributed by atoms with Crippen molar-refractivity contribution in [3.8, 4) is 0 Å². The SMILES string of the molecule is CCOC(=O)C(=O)c1c(F)ccc(C)c1Cl. The van der Waals surface area contributed by atoms with Crippen molar-refractivity contribution in [2.75, 3.05) is 6.61 Å². The number of hydrogen-bond acceptors (Lipinski definition) is 3. The van der Waals surface area contributed by atoms with E-state index in [9.17, 15) is 14.0 Å². The Bertz CT molecular complexity index is 443. The maximum atomic E-state index is 13.4. The van der Waals surface area contributed by atoms with Crippen LogP contribution in [0.4, 0.5) is 4.39 Å². The molecule has 0 bridgehead atoms. The van der Waals surface area contributed by atoms with Crippen LogP contribution in [-0.2, 0) is 9.53 Å². The summed E-state index contributed by atoms with van der Waals surface area (Å²) in [6.45, 7) is 3.22. The van der Waals surface area contributed by atoms with Gasteiger partial charge < -0.3 is 4.74 Å². The Kier molecular flexibility index (Phi) is 4.01. The van der Waals surface area contributed by atoms with Gasteiger partial charge in [0.05, 0.1) is 17.2 Å². The van der Waals surface area contributed by atoms with Crippen molar-refractivity contribution >= 4 is 23.4 Å². The molecule has 0 unspecified atom stereocenters. The van der Waals surface area contributed by atoms with E-state index in [0.717, 1.165) is 6.07 Å². The summed E-state index contributed by atoms with van der Waals surface area (Å²) in [5.74, 6) is -2.99. The van der Waals surface area contributed by atoms with Crippen LogP contribution in [0.2, 0.25) is 5.02 Å². The standard InChI is InChI=1S/C11H10ClFO3/c1-3-16-11(15)10(14)8-7(13)5-4-6(2)9(8)12/h4-5H,3H2,1-2H3. The summed E-state index contributed by atoms with van der Waals surface area (Å²) in [5.41, 5.74) is 0.0934. The molecule has 86 valence electrons. The highest BCUT2D eigenvalue weighted by atomic mass is 35.5. The summed E-state index contributed by atoms with van der Waals surface area (Å²) in [6.07, 6.45) is 0. The van der Waals surface area contributed by atoms with Crippen LogP contribution >= 0.6 is 11.6 Å². The highest BCUT2D eigenvalue weighted by molar-refractivity contribution is 6.45. The first-order valence-corrected chi connectivity index (χ1v) is 5.02. The summed E-state index contributed by atoms with van der Waals surface area (Å²) in [6, 6.07) is 2.52. The molecule has 0 atom stereocenters. The van der Waals surface area contributed by atoms with Crippen LogP contribution in [0.5, 0.6) is 0 Å². The minimum Gasteiger partial charge on any atom is -0.460 e. The van der Waals surface area contributed by atoms with E-state index in [1.54, 1.807) is 13.8 Å². The van der Waals surface area contributed by atoms with Crippen molar-refractivity contribution in [1.82, 2.24) is 0 Å². The number of hydrogen-bond donors (Lipinski definition) is 0. The van der Waals surface area contributed by atoms with Gasteiger partial charge in [-0.1, -0.05) is 17.7 Å². The Balaban J connectivity index is 3.18. The van der Waals surface area contributed by atoms with Gasteiger partial charge in [-0.15, -0.1) is 0 Å². The number of halogens is 2. The maximum absolute atomic E-state index is 13.4. The zero-order valence-corrected chi connectivity index (χ0v) is 9.60. The van der Waals surface area contributed by atoms with E-state index in [-0.39, 0.29) is 11.6 Å². The lowest BCUT2D eigenvalue weighted by atomic mass is 10.1. The molecule has 0 saturated carbocycles. The van der Waals surface area contributed by atoms with Gasteiger partial charge in [-0.05, 0) is 25.5 Å². The van der Waals surface area contributed by atoms with Crippen LogP contribution in [0, 0.1) is 12.7 Å². The third-order valence-electron chi connectivity index (χ3n) is 1.97. The minimum atomic E-state index is -1.10. The zero-order valence-electron chi connectivity index (χ0n) is 8.84. The molecule has 16 heavy (non-hydrogen) atoms. The number of benzene rings is 1. The first kappa shape index (κ1) is 12.6. The monoisotopic (exact) mass is 244 g/mol. The second-order valence-corrected chi connectivity index (χ2v) is 3.48. The smallest absolute Gasteiger partial charge is 0.379 e. The van der Waals surface area contributed by atoms with E-state index in [0.29, 0.717) is 5.56 Å². The molecule has 0 amide bonds. The van der Waals surface area contributed by atoms with Gasteiger partial charge in [-0.2, -0.15) is 0 Å². The van der Waals surface area contributed by atoms with E-state index in [1.807, 2.05) is 0 Å². The van der Waals surface area contributed by atoms with E-state index < -0.39 is 23.1 Å². The highest BCUT2D eigenvalue weighted by Gasteiger charge is 2.24. The van der Waals surface area contributed by atoms with Crippen LogP contribution in [0.1, 0.15) is 22.8 Å². The Morgan fingerprint density at radius 1 is 1.44 bits per heavy atom. The molecule has 1 aromatic carbocycles. The van der Waals surface area contributed by atoms with Crippen molar-refractivity contribution < 1.29 is 18.7 Å². The predicted molar refractivity (Wildman–Crippen MR) is 57.1 cm³/mol. The molecule has 5 heteroatoms. The summed E-state index contributed by atoms with van der Waals surface area (Å²) >= 11 is 5.77. The molecular formula is C11H10ClFO3. The number of aryl methyl sites for hydroxylation is 1. The summed E-state index contributed by atoms with van der Waals surface area (Å²) < 4.78 is 17.9. The first-order chi connectivity index (χ1) is 7.49. The van der Waals surface area contributed by atoms with Gasteiger partial charge in [0.2, 0.25) is 0 Å². The molecule has 0 N–H and O–H groups in total. The van der Waals surface area contributed by atoms with Gasteiger partial charge in [-0.3, -0.25) is 4.79 Å². The number of esters is 1. The van der Waals surface area contributed by atoms with E-state index in [2.05, 4.69) is 4.74 Å². The molecule has 0 saturated heterocycles. The summed E-state index contributed by atoms with van der Waals surface area (Å²) in [4.78, 5) is 22.7. The third-order valence-corrected chi connectivity index (χ3v) is 2.46. The van der Waals surface area contributed by atoms with E-state index >= 15 is 0 Å². The van der Waals surface area contributed by atoms with E-state index in [1.165, 1.54) is 6.07 Å². The van der Waals surface area contributed by atoms with Crippen LogP contribution in [-0.4, -0.2) is 18.4 Å². The topological polar surface area (TPSA) is 43.4 Å². The number of carbonyl (C=O) groups is 2. The lowest BCUT2D eigenvalue weighted by Crippen LogP contribution is -2.19. The fourth-order valence-electron chi connectivity index (χ4n) is 1.16. The van der Waals surface area contributed by atoms with Crippen LogP contribution < -0.4 is 0 Å². The number of rotatable bonds is 3. The second kappa shape index (κ2) is 5.07. The van der Waals surface area contributed by atoms with Crippen molar-refractivity contribution in [2.45, 2.75) is 13.8 Å². The Morgan fingerprint density at radius 2 is 2.06 bits per heavy atom. The summed E-state index contributed by atoms with van der Waals surface area (Å²) in [5, 5.41) is -0.0574. The van der Waals surface area contributed by atoms with Gasteiger partial charge in [0.25, 0.3) is 5.78 Å². The Morgan fingerprint density at radius 3 is 2.62 bits per heavy atom. The Hall–Kier alpha value is -1.42. The van der Waals surface area contributed by atoms with Crippen LogP contribution in [0.15, 0.2) is 12.1 Å². The van der Waals surface area contributed by atoms with Crippen LogP contribution in [0.25, 0.3) is 0 Å². The first-order valence-electron chi connectivity index (χ1n) is 4.65. The van der Waals surface area contributed by atoms with Crippen molar-refractivity contribution in [1.29, 1.82) is 0 Å². The Labute approximate surface area is 97.2 Å². The molecule has 0 aliphatic heterocycles. The molecular weight excluding hydrogens is 235 g/mol.